The van der Waals surface area contributed by atoms with Crippen molar-refractivity contribution >= 4 is 5.91 Å². The van der Waals surface area contributed by atoms with Gasteiger partial charge in [-0.25, -0.2) is 0 Å². The van der Waals surface area contributed by atoms with Crippen LogP contribution in [0, 0.1) is 0 Å². The van der Waals surface area contributed by atoms with Gasteiger partial charge in [-0.15, -0.1) is 0 Å². The molecule has 3 aliphatic heterocycles. The lowest BCUT2D eigenvalue weighted by atomic mass is 9.98. The fourth-order valence-electron chi connectivity index (χ4n) is 4.50. The molecule has 3 fully saturated rings. The molecule has 0 spiro atoms. The van der Waals surface area contributed by atoms with Crippen LogP contribution in [0.5, 0.6) is 0 Å². The second-order valence-corrected chi connectivity index (χ2v) is 6.83. The Labute approximate surface area is 122 Å². The van der Waals surface area contributed by atoms with E-state index < -0.39 is 0 Å². The van der Waals surface area contributed by atoms with E-state index in [-0.39, 0.29) is 6.10 Å². The number of amides is 1. The molecule has 3 heterocycles. The summed E-state index contributed by atoms with van der Waals surface area (Å²) in [5, 5.41) is 9.85. The standard InChI is InChI=1S/C16H28N2O2/c1-2-12-5-3-4-8-17(12)16(20)11-18-13-6-7-14(18)10-15(19)9-13/h12-15,19H,2-11H2,1H3. The Morgan fingerprint density at radius 3 is 2.50 bits per heavy atom. The number of likely N-dealkylation sites (tertiary alicyclic amines) is 1. The van der Waals surface area contributed by atoms with Gasteiger partial charge in [0.2, 0.25) is 5.91 Å². The predicted molar refractivity (Wildman–Crippen MR) is 78.4 cm³/mol. The van der Waals surface area contributed by atoms with Crippen molar-refractivity contribution in [1.82, 2.24) is 9.80 Å². The zero-order valence-electron chi connectivity index (χ0n) is 12.6. The number of aliphatic hydroxyl groups excluding tert-OH is 1. The van der Waals surface area contributed by atoms with Crippen LogP contribution in [0.2, 0.25) is 0 Å². The SMILES string of the molecule is CCC1CCCCN1C(=O)CN1C2CCC1CC(O)C2. The highest BCUT2D eigenvalue weighted by atomic mass is 16.3. The number of carbonyl (C=O) groups is 1. The molecule has 3 unspecified atom stereocenters. The molecule has 1 N–H and O–H groups in total. The van der Waals surface area contributed by atoms with Crippen molar-refractivity contribution in [2.24, 2.45) is 0 Å². The molecular weight excluding hydrogens is 252 g/mol. The molecule has 0 saturated carbocycles. The zero-order valence-corrected chi connectivity index (χ0v) is 12.6. The summed E-state index contributed by atoms with van der Waals surface area (Å²) in [6, 6.07) is 1.35. The van der Waals surface area contributed by atoms with Crippen LogP contribution in [-0.4, -0.2) is 58.1 Å². The van der Waals surface area contributed by atoms with E-state index in [0.717, 1.165) is 45.1 Å². The summed E-state index contributed by atoms with van der Waals surface area (Å²) in [6.07, 6.45) is 8.58. The molecule has 0 aromatic rings. The number of aliphatic hydroxyl groups is 1. The molecular formula is C16H28N2O2. The Kier molecular flexibility index (Phi) is 4.32. The Morgan fingerprint density at radius 1 is 1.15 bits per heavy atom. The van der Waals surface area contributed by atoms with Crippen LogP contribution in [-0.2, 0) is 4.79 Å². The van der Waals surface area contributed by atoms with E-state index in [0.29, 0.717) is 30.6 Å². The van der Waals surface area contributed by atoms with Crippen LogP contribution in [0.25, 0.3) is 0 Å². The number of piperidine rings is 2. The summed E-state index contributed by atoms with van der Waals surface area (Å²) in [7, 11) is 0. The molecule has 114 valence electrons. The van der Waals surface area contributed by atoms with E-state index >= 15 is 0 Å². The van der Waals surface area contributed by atoms with E-state index in [1.807, 2.05) is 0 Å². The Bertz CT molecular complexity index is 346. The van der Waals surface area contributed by atoms with Crippen molar-refractivity contribution in [2.75, 3.05) is 13.1 Å². The molecule has 20 heavy (non-hydrogen) atoms. The molecule has 0 aromatic heterocycles. The molecule has 0 aliphatic carbocycles. The lowest BCUT2D eigenvalue weighted by molar-refractivity contribution is -0.138. The molecule has 1 amide bonds. The summed E-state index contributed by atoms with van der Waals surface area (Å²) < 4.78 is 0. The van der Waals surface area contributed by atoms with E-state index in [4.69, 9.17) is 0 Å². The van der Waals surface area contributed by atoms with Gasteiger partial charge in [0, 0.05) is 24.7 Å². The Hall–Kier alpha value is -0.610. The molecule has 3 rings (SSSR count). The molecule has 2 bridgehead atoms. The number of hydrogen-bond donors (Lipinski definition) is 1. The molecule has 4 nitrogen and oxygen atoms in total. The highest BCUT2D eigenvalue weighted by molar-refractivity contribution is 5.78. The van der Waals surface area contributed by atoms with Crippen molar-refractivity contribution < 1.29 is 9.90 Å². The molecule has 3 saturated heterocycles. The van der Waals surface area contributed by atoms with Gasteiger partial charge in [0.1, 0.15) is 0 Å². The summed E-state index contributed by atoms with van der Waals surface area (Å²) in [6.45, 7) is 3.72. The average Bonchev–Trinajstić information content (AvgIpc) is 2.70. The Balaban J connectivity index is 1.61. The van der Waals surface area contributed by atoms with Crippen molar-refractivity contribution in [1.29, 1.82) is 0 Å². The van der Waals surface area contributed by atoms with Gasteiger partial charge in [0.25, 0.3) is 0 Å². The molecule has 0 radical (unpaired) electrons. The maximum Gasteiger partial charge on any atom is 0.237 e. The van der Waals surface area contributed by atoms with Crippen molar-refractivity contribution in [3.05, 3.63) is 0 Å². The van der Waals surface area contributed by atoms with Gasteiger partial charge in [0.05, 0.1) is 12.6 Å². The van der Waals surface area contributed by atoms with Crippen LogP contribution < -0.4 is 0 Å². The predicted octanol–water partition coefficient (Wildman–Crippen LogP) is 1.77. The topological polar surface area (TPSA) is 43.8 Å². The second kappa shape index (κ2) is 6.02. The fraction of sp³-hybridized carbons (Fsp3) is 0.938. The average molecular weight is 280 g/mol. The van der Waals surface area contributed by atoms with Crippen molar-refractivity contribution in [2.45, 2.75) is 82.5 Å². The number of fused-ring (bicyclic) bond motifs is 2. The van der Waals surface area contributed by atoms with Crippen LogP contribution in [0.3, 0.4) is 0 Å². The highest BCUT2D eigenvalue weighted by Gasteiger charge is 2.41. The fourth-order valence-corrected chi connectivity index (χ4v) is 4.50. The van der Waals surface area contributed by atoms with Crippen LogP contribution >= 0.6 is 0 Å². The normalized spacial score (nSPS) is 38.2. The molecule has 4 heteroatoms. The Morgan fingerprint density at radius 2 is 1.85 bits per heavy atom. The summed E-state index contributed by atoms with van der Waals surface area (Å²) in [4.78, 5) is 17.2. The van der Waals surface area contributed by atoms with Gasteiger partial charge in [-0.3, -0.25) is 9.69 Å². The van der Waals surface area contributed by atoms with Gasteiger partial charge in [-0.05, 0) is 51.4 Å². The van der Waals surface area contributed by atoms with E-state index in [1.165, 1.54) is 12.8 Å². The van der Waals surface area contributed by atoms with Crippen LogP contribution in [0.1, 0.15) is 58.3 Å². The maximum atomic E-state index is 12.7. The second-order valence-electron chi connectivity index (χ2n) is 6.83. The minimum atomic E-state index is -0.141. The van der Waals surface area contributed by atoms with Gasteiger partial charge in [0.15, 0.2) is 0 Å². The summed E-state index contributed by atoms with van der Waals surface area (Å²) in [5.74, 6) is 0.324. The van der Waals surface area contributed by atoms with Crippen molar-refractivity contribution in [3.63, 3.8) is 0 Å². The first kappa shape index (κ1) is 14.3. The van der Waals surface area contributed by atoms with E-state index in [1.54, 1.807) is 0 Å². The number of hydrogen-bond acceptors (Lipinski definition) is 3. The van der Waals surface area contributed by atoms with Crippen LogP contribution in [0.4, 0.5) is 0 Å². The zero-order chi connectivity index (χ0) is 14.1. The van der Waals surface area contributed by atoms with Gasteiger partial charge >= 0.3 is 0 Å². The minimum absolute atomic E-state index is 0.141. The number of rotatable bonds is 3. The van der Waals surface area contributed by atoms with E-state index in [9.17, 15) is 9.90 Å². The minimum Gasteiger partial charge on any atom is -0.393 e. The third-order valence-corrected chi connectivity index (χ3v) is 5.60. The smallest absolute Gasteiger partial charge is 0.237 e. The summed E-state index contributed by atoms with van der Waals surface area (Å²) in [5.41, 5.74) is 0. The third-order valence-electron chi connectivity index (χ3n) is 5.60. The van der Waals surface area contributed by atoms with Crippen LogP contribution in [0.15, 0.2) is 0 Å². The number of nitrogens with zero attached hydrogens (tertiary/aromatic N) is 2. The summed E-state index contributed by atoms with van der Waals surface area (Å²) >= 11 is 0. The van der Waals surface area contributed by atoms with E-state index in [2.05, 4.69) is 16.7 Å². The first-order valence-electron chi connectivity index (χ1n) is 8.42. The van der Waals surface area contributed by atoms with Gasteiger partial charge in [-0.2, -0.15) is 0 Å². The first-order chi connectivity index (χ1) is 9.69. The monoisotopic (exact) mass is 280 g/mol. The quantitative estimate of drug-likeness (QED) is 0.857. The molecule has 3 aliphatic rings. The molecule has 3 atom stereocenters. The third kappa shape index (κ3) is 2.73. The lowest BCUT2D eigenvalue weighted by Gasteiger charge is -2.40. The highest BCUT2D eigenvalue weighted by Crippen LogP contribution is 2.35. The lowest BCUT2D eigenvalue weighted by Crippen LogP contribution is -2.52. The maximum absolute atomic E-state index is 12.7. The van der Waals surface area contributed by atoms with Crippen molar-refractivity contribution in [3.8, 4) is 0 Å². The molecule has 0 aromatic carbocycles. The van der Waals surface area contributed by atoms with Gasteiger partial charge in [-0.1, -0.05) is 6.92 Å². The first-order valence-corrected chi connectivity index (χ1v) is 8.42. The van der Waals surface area contributed by atoms with Gasteiger partial charge < -0.3 is 10.0 Å². The largest absolute Gasteiger partial charge is 0.393 e. The number of carbonyl (C=O) groups excluding carboxylic acids is 1.